The van der Waals surface area contributed by atoms with Gasteiger partial charge in [-0.25, -0.2) is 17.6 Å². The van der Waals surface area contributed by atoms with Crippen LogP contribution in [0.2, 0.25) is 0 Å². The number of hydrogen-bond acceptors (Lipinski definition) is 9. The zero-order valence-electron chi connectivity index (χ0n) is 30.4. The molecule has 0 aliphatic carbocycles. The summed E-state index contributed by atoms with van der Waals surface area (Å²) in [5, 5.41) is 17.1. The Bertz CT molecular complexity index is 2360. The Kier molecular flexibility index (Phi) is 8.22. The van der Waals surface area contributed by atoms with Gasteiger partial charge in [0.15, 0.2) is 5.82 Å². The van der Waals surface area contributed by atoms with Gasteiger partial charge in [-0.1, -0.05) is 12.0 Å². The number of piperazine rings is 1. The highest BCUT2D eigenvalue weighted by atomic mass is 19.3. The van der Waals surface area contributed by atoms with Crippen molar-refractivity contribution in [1.82, 2.24) is 29.5 Å². The number of phenols is 1. The summed E-state index contributed by atoms with van der Waals surface area (Å²) in [5.41, 5.74) is -1.41. The van der Waals surface area contributed by atoms with Crippen molar-refractivity contribution < 1.29 is 32.1 Å². The van der Waals surface area contributed by atoms with E-state index in [9.17, 15) is 5.11 Å². The molecule has 0 amide bonds. The van der Waals surface area contributed by atoms with E-state index in [2.05, 4.69) is 20.7 Å². The van der Waals surface area contributed by atoms with Crippen LogP contribution in [0.25, 0.3) is 43.7 Å². The Balaban J connectivity index is 1.26. The summed E-state index contributed by atoms with van der Waals surface area (Å²) < 4.78 is 77.0. The summed E-state index contributed by atoms with van der Waals surface area (Å²) >= 11 is 0. The lowest BCUT2D eigenvalue weighted by Crippen LogP contribution is -2.56. The number of alkyl halides is 2. The predicted molar refractivity (Wildman–Crippen MR) is 197 cm³/mol. The first-order valence-electron chi connectivity index (χ1n) is 18.4. The first kappa shape index (κ1) is 35.0. The summed E-state index contributed by atoms with van der Waals surface area (Å²) in [4.78, 5) is 16.1. The summed E-state index contributed by atoms with van der Waals surface area (Å²) in [6.45, 7) is 5.43. The van der Waals surface area contributed by atoms with Crippen molar-refractivity contribution in [2.24, 2.45) is 18.4 Å². The van der Waals surface area contributed by atoms with Crippen molar-refractivity contribution in [3.63, 3.8) is 0 Å². The molecule has 0 unspecified atom stereocenters. The third-order valence-corrected chi connectivity index (χ3v) is 12.0. The van der Waals surface area contributed by atoms with Gasteiger partial charge < -0.3 is 24.4 Å². The second-order valence-corrected chi connectivity index (χ2v) is 15.9. The van der Waals surface area contributed by atoms with E-state index in [4.69, 9.17) is 26.0 Å². The molecule has 3 atom stereocenters. The average Bonchev–Trinajstić information content (AvgIpc) is 3.62. The molecule has 9 rings (SSSR count). The molecule has 4 fully saturated rings. The number of aromatic hydroxyl groups is 1. The predicted octanol–water partition coefficient (Wildman–Crippen LogP) is 5.96. The maximum atomic E-state index is 17.7. The lowest BCUT2D eigenvalue weighted by atomic mass is 9.79. The minimum atomic E-state index is -3.01. The van der Waals surface area contributed by atoms with Gasteiger partial charge in [0.25, 0.3) is 5.92 Å². The number of hydrogen-bond donors (Lipinski definition) is 1. The van der Waals surface area contributed by atoms with E-state index in [1.165, 1.54) is 31.2 Å². The molecular formula is C40H41F4N7O3. The SMILES string of the molecule is C#Cc1c(F)ccc2cc(O)cc(-c3c(F)c4nc(OC[C@@]5(C)CN(C)CCC5(F)F)nc(N5[C@@H]6CC[C@H]5CN(CC5COC5)C6)c4c4cn(C)nc34)c12. The smallest absolute Gasteiger partial charge is 0.319 e. The summed E-state index contributed by atoms with van der Waals surface area (Å²) in [5.74, 6) is -1.33. The number of aromatic nitrogens is 4. The zero-order chi connectivity index (χ0) is 37.7. The van der Waals surface area contributed by atoms with Crippen LogP contribution in [0.4, 0.5) is 23.4 Å². The molecule has 6 heterocycles. The van der Waals surface area contributed by atoms with E-state index in [-0.39, 0.29) is 76.5 Å². The lowest BCUT2D eigenvalue weighted by Gasteiger charge is -2.44. The van der Waals surface area contributed by atoms with Gasteiger partial charge in [0.1, 0.15) is 35.0 Å². The molecule has 0 spiro atoms. The van der Waals surface area contributed by atoms with Crippen LogP contribution in [0.5, 0.6) is 11.8 Å². The number of nitrogens with zero attached hydrogens (tertiary/aromatic N) is 7. The van der Waals surface area contributed by atoms with Gasteiger partial charge in [-0.2, -0.15) is 15.1 Å². The Morgan fingerprint density at radius 1 is 1.06 bits per heavy atom. The highest BCUT2D eigenvalue weighted by Crippen LogP contribution is 2.48. The standard InChI is InChI=1S/C40H41F4N7O3/c1-5-27-30(41)9-6-23-12-26(52)13-28(31(23)27)32-34(42)36-33(29-17-49(4)47-35(29)32)37(51-24-7-8-25(51)16-50(15-24)14-22-18-53-19-22)46-38(45-36)54-21-39(2)20-48(3)11-10-40(39,43)44/h1,6,9,12-13,17,22,24-25,52H,7-8,10-11,14-16,18-21H2,2-4H3/t24-,25+,39-/m1/s1. The molecule has 5 aromatic rings. The van der Waals surface area contributed by atoms with Crippen molar-refractivity contribution in [2.75, 3.05) is 64.5 Å². The van der Waals surface area contributed by atoms with Crippen molar-refractivity contribution in [2.45, 2.75) is 44.2 Å². The number of piperidine rings is 1. The molecule has 54 heavy (non-hydrogen) atoms. The Morgan fingerprint density at radius 2 is 1.81 bits per heavy atom. The number of halogens is 4. The van der Waals surface area contributed by atoms with E-state index in [1.54, 1.807) is 25.0 Å². The van der Waals surface area contributed by atoms with Crippen molar-refractivity contribution >= 4 is 38.4 Å². The molecule has 14 heteroatoms. The largest absolute Gasteiger partial charge is 0.508 e. The Labute approximate surface area is 309 Å². The highest BCUT2D eigenvalue weighted by molar-refractivity contribution is 6.18. The minimum Gasteiger partial charge on any atom is -0.508 e. The van der Waals surface area contributed by atoms with Gasteiger partial charge in [-0.3, -0.25) is 9.58 Å². The molecule has 0 saturated carbocycles. The Hall–Kier alpha value is -4.71. The molecule has 1 N–H and O–H groups in total. The van der Waals surface area contributed by atoms with Crippen LogP contribution in [-0.4, -0.2) is 112 Å². The molecule has 2 aromatic heterocycles. The highest BCUT2D eigenvalue weighted by Gasteiger charge is 2.54. The number of terminal acetylenes is 1. The summed E-state index contributed by atoms with van der Waals surface area (Å²) in [6, 6.07) is 5.34. The first-order chi connectivity index (χ1) is 25.8. The fourth-order valence-corrected chi connectivity index (χ4v) is 9.21. The fraction of sp³-hybridized carbons (Fsp3) is 0.475. The molecule has 4 aliphatic heterocycles. The number of aryl methyl sites for hydroxylation is 1. The van der Waals surface area contributed by atoms with Crippen LogP contribution in [0.15, 0.2) is 30.5 Å². The van der Waals surface area contributed by atoms with Crippen LogP contribution in [0, 0.1) is 35.3 Å². The maximum absolute atomic E-state index is 17.7. The number of fused-ring (bicyclic) bond motifs is 6. The van der Waals surface area contributed by atoms with E-state index in [0.29, 0.717) is 27.9 Å². The topological polar surface area (TPSA) is 92.0 Å². The van der Waals surface area contributed by atoms with Gasteiger partial charge >= 0.3 is 6.01 Å². The number of anilines is 1. The van der Waals surface area contributed by atoms with E-state index in [0.717, 1.165) is 45.7 Å². The Morgan fingerprint density at radius 3 is 2.52 bits per heavy atom. The second kappa shape index (κ2) is 12.7. The third kappa shape index (κ3) is 5.54. The number of benzene rings is 3. The maximum Gasteiger partial charge on any atom is 0.319 e. The first-order valence-corrected chi connectivity index (χ1v) is 18.4. The molecule has 3 aromatic carbocycles. The number of phenolic OH excluding ortho intramolecular Hbond substituents is 1. The number of likely N-dealkylation sites (tertiary alicyclic amines) is 2. The third-order valence-electron chi connectivity index (χ3n) is 12.0. The second-order valence-electron chi connectivity index (χ2n) is 15.9. The van der Waals surface area contributed by atoms with Crippen molar-refractivity contribution in [1.29, 1.82) is 0 Å². The molecule has 4 aliphatic rings. The monoisotopic (exact) mass is 743 g/mol. The minimum absolute atomic E-state index is 0.0420. The molecule has 4 saturated heterocycles. The normalized spacial score (nSPS) is 24.7. The van der Waals surface area contributed by atoms with Crippen LogP contribution in [-0.2, 0) is 11.8 Å². The lowest BCUT2D eigenvalue weighted by molar-refractivity contribution is -0.169. The van der Waals surface area contributed by atoms with Gasteiger partial charge in [-0.15, -0.1) is 6.42 Å². The summed E-state index contributed by atoms with van der Waals surface area (Å²) in [7, 11) is 3.51. The molecule has 2 bridgehead atoms. The quantitative estimate of drug-likeness (QED) is 0.160. The van der Waals surface area contributed by atoms with Crippen LogP contribution in [0.1, 0.15) is 31.7 Å². The van der Waals surface area contributed by atoms with Gasteiger partial charge in [0.2, 0.25) is 0 Å². The van der Waals surface area contributed by atoms with E-state index >= 15 is 17.6 Å². The van der Waals surface area contributed by atoms with Crippen LogP contribution in [0.3, 0.4) is 0 Å². The number of ether oxygens (including phenoxy) is 2. The van der Waals surface area contributed by atoms with Gasteiger partial charge in [0, 0.05) is 86.7 Å². The van der Waals surface area contributed by atoms with Crippen molar-refractivity contribution in [3.05, 3.63) is 47.7 Å². The number of rotatable bonds is 7. The van der Waals surface area contributed by atoms with Gasteiger partial charge in [-0.05, 0) is 56.0 Å². The molecule has 282 valence electrons. The van der Waals surface area contributed by atoms with Gasteiger partial charge in [0.05, 0.1) is 29.6 Å². The van der Waals surface area contributed by atoms with E-state index < -0.39 is 29.6 Å². The fourth-order valence-electron chi connectivity index (χ4n) is 9.21. The zero-order valence-corrected chi connectivity index (χ0v) is 30.4. The summed E-state index contributed by atoms with van der Waals surface area (Å²) in [6.07, 6.45) is 9.04. The molecular weight excluding hydrogens is 702 g/mol. The molecule has 0 radical (unpaired) electrons. The molecule has 10 nitrogen and oxygen atoms in total. The van der Waals surface area contributed by atoms with E-state index in [1.807, 2.05) is 4.90 Å². The van der Waals surface area contributed by atoms with Crippen molar-refractivity contribution in [3.8, 4) is 35.2 Å². The average molecular weight is 744 g/mol. The van der Waals surface area contributed by atoms with Crippen LogP contribution >= 0.6 is 0 Å². The van der Waals surface area contributed by atoms with Crippen LogP contribution < -0.4 is 9.64 Å².